The monoisotopic (exact) mass is 428 g/mol. The molecule has 3 aromatic rings. The van der Waals surface area contributed by atoms with Gasteiger partial charge < -0.3 is 4.55 Å². The van der Waals surface area contributed by atoms with Gasteiger partial charge >= 0.3 is 0 Å². The second-order valence-electron chi connectivity index (χ2n) is 6.57. The predicted octanol–water partition coefficient (Wildman–Crippen LogP) is 5.89. The molecule has 0 fully saturated rings. The molecule has 0 saturated heterocycles. The highest BCUT2D eigenvalue weighted by Gasteiger charge is 2.27. The Kier molecular flexibility index (Phi) is 9.98. The van der Waals surface area contributed by atoms with Gasteiger partial charge in [0.15, 0.2) is 14.7 Å². The number of unbranched alkanes of at least 4 members (excludes halogenated alkanes) is 3. The van der Waals surface area contributed by atoms with Gasteiger partial charge in [-0.3, -0.25) is 0 Å². The summed E-state index contributed by atoms with van der Waals surface area (Å²) in [5, 5.41) is 0. The van der Waals surface area contributed by atoms with Gasteiger partial charge in [0.05, 0.1) is 21.0 Å². The summed E-state index contributed by atoms with van der Waals surface area (Å²) in [6.07, 6.45) is 3.42. The molecule has 3 rings (SSSR count). The van der Waals surface area contributed by atoms with Crippen LogP contribution < -0.4 is 0 Å². The van der Waals surface area contributed by atoms with Gasteiger partial charge in [0.2, 0.25) is 0 Å². The van der Waals surface area contributed by atoms with Gasteiger partial charge in [0.25, 0.3) is 0 Å². The molecular formula is C24H28O3S2. The van der Waals surface area contributed by atoms with Crippen LogP contribution in [0.1, 0.15) is 32.6 Å². The smallest absolute Gasteiger partial charge is 0.166 e. The van der Waals surface area contributed by atoms with Crippen LogP contribution >= 0.6 is 0 Å². The molecule has 0 radical (unpaired) electrons. The van der Waals surface area contributed by atoms with Crippen LogP contribution in [0.25, 0.3) is 0 Å². The largest absolute Gasteiger partial charge is 0.748 e. The SMILES string of the molecule is CCCCCCS(=O)(=O)[O-].c1ccc([S+](c2ccccc2)c2ccccc2)cc1. The Labute approximate surface area is 177 Å². The van der Waals surface area contributed by atoms with Gasteiger partial charge in [-0.05, 0) is 42.8 Å². The van der Waals surface area contributed by atoms with Crippen molar-refractivity contribution >= 4 is 21.0 Å². The van der Waals surface area contributed by atoms with Crippen LogP contribution in [0.3, 0.4) is 0 Å². The molecule has 0 amide bonds. The summed E-state index contributed by atoms with van der Waals surface area (Å²) in [6, 6.07) is 32.2. The fourth-order valence-corrected chi connectivity index (χ4v) is 5.45. The molecule has 0 saturated carbocycles. The topological polar surface area (TPSA) is 57.2 Å². The lowest BCUT2D eigenvalue weighted by molar-refractivity contribution is 0.459. The second kappa shape index (κ2) is 12.5. The standard InChI is InChI=1S/C18H15S.C6H14O3S/c1-4-10-16(11-5-1)19(17-12-6-2-7-13-17)18-14-8-3-9-15-18;1-2-3-4-5-6-10(7,8)9/h1-15H;2-6H2,1H3,(H,7,8,9)/q+1;/p-1. The van der Waals surface area contributed by atoms with Crippen molar-refractivity contribution in [2.75, 3.05) is 5.75 Å². The van der Waals surface area contributed by atoms with Gasteiger partial charge in [0, 0.05) is 5.75 Å². The average Bonchev–Trinajstić information content (AvgIpc) is 2.74. The van der Waals surface area contributed by atoms with E-state index in [1.54, 1.807) is 0 Å². The van der Waals surface area contributed by atoms with Crippen LogP contribution in [0.4, 0.5) is 0 Å². The number of hydrogen-bond acceptors (Lipinski definition) is 3. The molecule has 0 aliphatic rings. The van der Waals surface area contributed by atoms with E-state index < -0.39 is 10.1 Å². The Morgan fingerprint density at radius 1 is 0.655 bits per heavy atom. The molecule has 5 heteroatoms. The Hall–Kier alpha value is -2.08. The zero-order valence-electron chi connectivity index (χ0n) is 16.7. The van der Waals surface area contributed by atoms with E-state index >= 15 is 0 Å². The molecule has 3 aromatic carbocycles. The molecule has 0 N–H and O–H groups in total. The Balaban J connectivity index is 0.000000257. The third kappa shape index (κ3) is 8.86. The molecule has 29 heavy (non-hydrogen) atoms. The normalized spacial score (nSPS) is 11.0. The van der Waals surface area contributed by atoms with E-state index in [9.17, 15) is 13.0 Å². The fourth-order valence-electron chi connectivity index (χ4n) is 2.78. The number of rotatable bonds is 8. The predicted molar refractivity (Wildman–Crippen MR) is 120 cm³/mol. The van der Waals surface area contributed by atoms with Crippen LogP contribution in [0, 0.1) is 0 Å². The molecule has 154 valence electrons. The summed E-state index contributed by atoms with van der Waals surface area (Å²) in [6.45, 7) is 2.03. The van der Waals surface area contributed by atoms with E-state index in [0.29, 0.717) is 6.42 Å². The first-order valence-corrected chi connectivity index (χ1v) is 12.6. The first-order valence-electron chi connectivity index (χ1n) is 9.84. The van der Waals surface area contributed by atoms with Crippen LogP contribution in [0.2, 0.25) is 0 Å². The minimum atomic E-state index is -3.95. The summed E-state index contributed by atoms with van der Waals surface area (Å²) in [4.78, 5) is 4.08. The first-order chi connectivity index (χ1) is 14.0. The summed E-state index contributed by atoms with van der Waals surface area (Å²) < 4.78 is 30.1. The molecule has 0 aliphatic heterocycles. The van der Waals surface area contributed by atoms with E-state index in [0.717, 1.165) is 19.3 Å². The zero-order chi connectivity index (χ0) is 21.0. The van der Waals surface area contributed by atoms with E-state index in [1.165, 1.54) is 14.7 Å². The molecule has 0 aromatic heterocycles. The van der Waals surface area contributed by atoms with E-state index in [4.69, 9.17) is 0 Å². The van der Waals surface area contributed by atoms with Crippen LogP contribution in [0.15, 0.2) is 106 Å². The molecule has 0 heterocycles. The van der Waals surface area contributed by atoms with Crippen molar-refractivity contribution in [3.63, 3.8) is 0 Å². The van der Waals surface area contributed by atoms with Crippen molar-refractivity contribution in [2.24, 2.45) is 0 Å². The van der Waals surface area contributed by atoms with E-state index in [-0.39, 0.29) is 16.6 Å². The Morgan fingerprint density at radius 3 is 1.34 bits per heavy atom. The lowest BCUT2D eigenvalue weighted by Crippen LogP contribution is -2.04. The molecular weight excluding hydrogens is 400 g/mol. The molecule has 0 spiro atoms. The van der Waals surface area contributed by atoms with E-state index in [1.807, 2.05) is 6.92 Å². The highest BCUT2D eigenvalue weighted by Crippen LogP contribution is 2.30. The van der Waals surface area contributed by atoms with Crippen molar-refractivity contribution in [1.29, 1.82) is 0 Å². The summed E-state index contributed by atoms with van der Waals surface area (Å²) in [5.41, 5.74) is 0. The Bertz CT molecular complexity index is 818. The van der Waals surface area contributed by atoms with Gasteiger partial charge in [0.1, 0.15) is 0 Å². The minimum absolute atomic E-state index is 0.0146. The number of hydrogen-bond donors (Lipinski definition) is 0. The van der Waals surface area contributed by atoms with Crippen molar-refractivity contribution in [3.05, 3.63) is 91.0 Å². The number of benzene rings is 3. The maximum absolute atomic E-state index is 10.0. The van der Waals surface area contributed by atoms with Crippen LogP contribution in [-0.4, -0.2) is 18.7 Å². The zero-order valence-corrected chi connectivity index (χ0v) is 18.4. The highest BCUT2D eigenvalue weighted by atomic mass is 32.2. The fraction of sp³-hybridized carbons (Fsp3) is 0.250. The maximum Gasteiger partial charge on any atom is 0.166 e. The highest BCUT2D eigenvalue weighted by molar-refractivity contribution is 7.97. The van der Waals surface area contributed by atoms with Gasteiger partial charge in [-0.15, -0.1) is 0 Å². The average molecular weight is 429 g/mol. The van der Waals surface area contributed by atoms with Crippen LogP contribution in [0.5, 0.6) is 0 Å². The molecule has 3 nitrogen and oxygen atoms in total. The summed E-state index contributed by atoms with van der Waals surface area (Å²) in [5.74, 6) is -0.201. The van der Waals surface area contributed by atoms with Crippen molar-refractivity contribution < 1.29 is 13.0 Å². The summed E-state index contributed by atoms with van der Waals surface area (Å²) >= 11 is 0. The van der Waals surface area contributed by atoms with Gasteiger partial charge in [-0.1, -0.05) is 80.8 Å². The second-order valence-corrected chi connectivity index (χ2v) is 10.1. The lowest BCUT2D eigenvalue weighted by atomic mass is 10.2. The van der Waals surface area contributed by atoms with Gasteiger partial charge in [-0.2, -0.15) is 0 Å². The van der Waals surface area contributed by atoms with Crippen molar-refractivity contribution in [2.45, 2.75) is 47.3 Å². The third-order valence-electron chi connectivity index (χ3n) is 4.18. The van der Waals surface area contributed by atoms with Crippen molar-refractivity contribution in [1.82, 2.24) is 0 Å². The first kappa shape index (κ1) is 23.2. The summed E-state index contributed by atoms with van der Waals surface area (Å²) in [7, 11) is -3.97. The van der Waals surface area contributed by atoms with E-state index in [2.05, 4.69) is 91.0 Å². The van der Waals surface area contributed by atoms with Crippen LogP contribution in [-0.2, 0) is 21.0 Å². The molecule has 0 unspecified atom stereocenters. The van der Waals surface area contributed by atoms with Crippen molar-refractivity contribution in [3.8, 4) is 0 Å². The molecule has 0 aliphatic carbocycles. The minimum Gasteiger partial charge on any atom is -0.748 e. The maximum atomic E-state index is 10.0. The lowest BCUT2D eigenvalue weighted by Gasteiger charge is -2.07. The molecule has 0 atom stereocenters. The quantitative estimate of drug-likeness (QED) is 0.255. The Morgan fingerprint density at radius 2 is 1.03 bits per heavy atom. The third-order valence-corrected chi connectivity index (χ3v) is 7.20. The van der Waals surface area contributed by atoms with Gasteiger partial charge in [-0.25, -0.2) is 8.42 Å². The molecule has 0 bridgehead atoms.